The third-order valence-electron chi connectivity index (χ3n) is 4.25. The largest absolute Gasteiger partial charge is 0.366 e. The van der Waals surface area contributed by atoms with E-state index >= 15 is 0 Å². The van der Waals surface area contributed by atoms with Crippen molar-refractivity contribution in [2.75, 3.05) is 44.2 Å². The maximum atomic E-state index is 13.8. The van der Waals surface area contributed by atoms with E-state index in [9.17, 15) is 13.6 Å². The van der Waals surface area contributed by atoms with Gasteiger partial charge in [0.15, 0.2) is 0 Å². The molecule has 2 fully saturated rings. The maximum absolute atomic E-state index is 13.8. The van der Waals surface area contributed by atoms with Gasteiger partial charge in [-0.15, -0.1) is 0 Å². The second kappa shape index (κ2) is 5.97. The lowest BCUT2D eigenvalue weighted by atomic mass is 10.1. The summed E-state index contributed by atoms with van der Waals surface area (Å²) in [5.41, 5.74) is 0.282. The Morgan fingerprint density at radius 3 is 2.62 bits per heavy atom. The van der Waals surface area contributed by atoms with E-state index in [2.05, 4.69) is 5.32 Å². The summed E-state index contributed by atoms with van der Waals surface area (Å²) in [6, 6.07) is 3.48. The second-order valence-corrected chi connectivity index (χ2v) is 5.60. The predicted molar refractivity (Wildman–Crippen MR) is 76.1 cm³/mol. The van der Waals surface area contributed by atoms with Crippen LogP contribution in [0.15, 0.2) is 18.2 Å². The summed E-state index contributed by atoms with van der Waals surface area (Å²) in [6.45, 7) is 3.83. The minimum Gasteiger partial charge on any atom is -0.366 e. The molecular formula is C15H19F2N3O. The molecule has 0 saturated carbocycles. The first-order chi connectivity index (χ1) is 10.1. The van der Waals surface area contributed by atoms with Crippen LogP contribution in [0.5, 0.6) is 0 Å². The van der Waals surface area contributed by atoms with E-state index in [0.717, 1.165) is 31.6 Å². The number of anilines is 1. The molecule has 1 aromatic rings. The van der Waals surface area contributed by atoms with Gasteiger partial charge in [0.2, 0.25) is 5.91 Å². The number of carbonyl (C=O) groups is 1. The molecule has 2 saturated heterocycles. The molecule has 4 nitrogen and oxygen atoms in total. The predicted octanol–water partition coefficient (Wildman–Crippen LogP) is 1.22. The van der Waals surface area contributed by atoms with E-state index < -0.39 is 11.6 Å². The topological polar surface area (TPSA) is 35.6 Å². The summed E-state index contributed by atoms with van der Waals surface area (Å²) in [7, 11) is 0. The van der Waals surface area contributed by atoms with Gasteiger partial charge in [-0.2, -0.15) is 0 Å². The van der Waals surface area contributed by atoms with Crippen molar-refractivity contribution in [3.05, 3.63) is 29.8 Å². The van der Waals surface area contributed by atoms with Gasteiger partial charge >= 0.3 is 0 Å². The number of piperazine rings is 1. The van der Waals surface area contributed by atoms with Crippen LogP contribution in [-0.2, 0) is 4.79 Å². The molecule has 1 N–H and O–H groups in total. The normalized spacial score (nSPS) is 22.7. The summed E-state index contributed by atoms with van der Waals surface area (Å²) >= 11 is 0. The Hall–Kier alpha value is -1.69. The fourth-order valence-electron chi connectivity index (χ4n) is 3.02. The quantitative estimate of drug-likeness (QED) is 0.891. The third-order valence-corrected chi connectivity index (χ3v) is 4.25. The van der Waals surface area contributed by atoms with E-state index in [0.29, 0.717) is 26.2 Å². The lowest BCUT2D eigenvalue weighted by Gasteiger charge is -2.37. The minimum absolute atomic E-state index is 0.0717. The van der Waals surface area contributed by atoms with Crippen molar-refractivity contribution in [2.24, 2.45) is 5.92 Å². The Morgan fingerprint density at radius 2 is 1.95 bits per heavy atom. The molecule has 6 heteroatoms. The SMILES string of the molecule is O=C([C@H]1CCNC1)N1CCN(c2cc(F)ccc2F)CC1. The summed E-state index contributed by atoms with van der Waals surface area (Å²) in [6.07, 6.45) is 0.886. The zero-order valence-corrected chi connectivity index (χ0v) is 11.8. The number of nitrogens with zero attached hydrogens (tertiary/aromatic N) is 2. The molecule has 1 atom stereocenters. The first-order valence-electron chi connectivity index (χ1n) is 7.34. The van der Waals surface area contributed by atoms with Crippen molar-refractivity contribution in [2.45, 2.75) is 6.42 Å². The highest BCUT2D eigenvalue weighted by molar-refractivity contribution is 5.79. The third kappa shape index (κ3) is 3.00. The molecular weight excluding hydrogens is 276 g/mol. The van der Waals surface area contributed by atoms with Crippen LogP contribution >= 0.6 is 0 Å². The second-order valence-electron chi connectivity index (χ2n) is 5.60. The number of benzene rings is 1. The fourth-order valence-corrected chi connectivity index (χ4v) is 3.02. The average molecular weight is 295 g/mol. The van der Waals surface area contributed by atoms with Gasteiger partial charge in [-0.05, 0) is 25.1 Å². The van der Waals surface area contributed by atoms with Crippen molar-refractivity contribution < 1.29 is 13.6 Å². The number of nitrogens with one attached hydrogen (secondary N) is 1. The highest BCUT2D eigenvalue weighted by Gasteiger charge is 2.29. The fraction of sp³-hybridized carbons (Fsp3) is 0.533. The molecule has 0 spiro atoms. The van der Waals surface area contributed by atoms with Gasteiger partial charge in [0.1, 0.15) is 11.6 Å². The van der Waals surface area contributed by atoms with E-state index in [4.69, 9.17) is 0 Å². The van der Waals surface area contributed by atoms with Crippen molar-refractivity contribution in [1.82, 2.24) is 10.2 Å². The number of rotatable bonds is 2. The van der Waals surface area contributed by atoms with Crippen LogP contribution in [0.2, 0.25) is 0 Å². The average Bonchev–Trinajstić information content (AvgIpc) is 3.03. The van der Waals surface area contributed by atoms with Crippen LogP contribution in [0.25, 0.3) is 0 Å². The van der Waals surface area contributed by atoms with Gasteiger partial charge < -0.3 is 15.1 Å². The van der Waals surface area contributed by atoms with E-state index in [1.54, 1.807) is 4.90 Å². The molecule has 0 aliphatic carbocycles. The number of carbonyl (C=O) groups excluding carboxylic acids is 1. The molecule has 114 valence electrons. The van der Waals surface area contributed by atoms with Gasteiger partial charge in [0, 0.05) is 38.8 Å². The minimum atomic E-state index is -0.443. The van der Waals surface area contributed by atoms with Crippen molar-refractivity contribution in [1.29, 1.82) is 0 Å². The molecule has 0 unspecified atom stereocenters. The number of hydrogen-bond donors (Lipinski definition) is 1. The Kier molecular flexibility index (Phi) is 4.05. The van der Waals surface area contributed by atoms with Gasteiger partial charge in [0.25, 0.3) is 0 Å². The van der Waals surface area contributed by atoms with E-state index in [1.165, 1.54) is 6.07 Å². The van der Waals surface area contributed by atoms with Crippen LogP contribution in [-0.4, -0.2) is 50.1 Å². The van der Waals surface area contributed by atoms with Crippen LogP contribution in [0.3, 0.4) is 0 Å². The van der Waals surface area contributed by atoms with Crippen molar-refractivity contribution in [3.63, 3.8) is 0 Å². The van der Waals surface area contributed by atoms with E-state index in [1.807, 2.05) is 4.90 Å². The van der Waals surface area contributed by atoms with Gasteiger partial charge in [-0.1, -0.05) is 0 Å². The Bertz CT molecular complexity index is 524. The molecule has 3 rings (SSSR count). The lowest BCUT2D eigenvalue weighted by Crippen LogP contribution is -2.50. The first kappa shape index (κ1) is 14.3. The van der Waals surface area contributed by atoms with Crippen molar-refractivity contribution in [3.8, 4) is 0 Å². The zero-order valence-electron chi connectivity index (χ0n) is 11.8. The monoisotopic (exact) mass is 295 g/mol. The first-order valence-corrected chi connectivity index (χ1v) is 7.34. The molecule has 1 aromatic carbocycles. The summed E-state index contributed by atoms with van der Waals surface area (Å²) in [5, 5.41) is 3.19. The molecule has 21 heavy (non-hydrogen) atoms. The molecule has 0 aromatic heterocycles. The van der Waals surface area contributed by atoms with Gasteiger partial charge in [-0.3, -0.25) is 4.79 Å². The highest BCUT2D eigenvalue weighted by atomic mass is 19.1. The molecule has 0 bridgehead atoms. The highest BCUT2D eigenvalue weighted by Crippen LogP contribution is 2.22. The van der Waals surface area contributed by atoms with Gasteiger partial charge in [-0.25, -0.2) is 8.78 Å². The Balaban J connectivity index is 1.62. The zero-order chi connectivity index (χ0) is 14.8. The summed E-state index contributed by atoms with van der Waals surface area (Å²) in [5.74, 6) is -0.611. The molecule has 2 aliphatic rings. The van der Waals surface area contributed by atoms with Crippen molar-refractivity contribution >= 4 is 11.6 Å². The molecule has 2 heterocycles. The van der Waals surface area contributed by atoms with Crippen LogP contribution in [0, 0.1) is 17.6 Å². The van der Waals surface area contributed by atoms with Crippen LogP contribution in [0.4, 0.5) is 14.5 Å². The van der Waals surface area contributed by atoms with Crippen LogP contribution in [0.1, 0.15) is 6.42 Å². The lowest BCUT2D eigenvalue weighted by molar-refractivity contribution is -0.135. The smallest absolute Gasteiger partial charge is 0.227 e. The summed E-state index contributed by atoms with van der Waals surface area (Å²) in [4.78, 5) is 15.9. The molecule has 2 aliphatic heterocycles. The molecule has 0 radical (unpaired) electrons. The number of amides is 1. The number of halogens is 2. The summed E-state index contributed by atoms with van der Waals surface area (Å²) < 4.78 is 27.0. The van der Waals surface area contributed by atoms with Crippen LogP contribution < -0.4 is 10.2 Å². The Labute approximate surface area is 122 Å². The standard InChI is InChI=1S/C15H19F2N3O/c16-12-1-2-13(17)14(9-12)19-5-7-20(8-6-19)15(21)11-3-4-18-10-11/h1-2,9,11,18H,3-8,10H2/t11-/m0/s1. The van der Waals surface area contributed by atoms with Gasteiger partial charge in [0.05, 0.1) is 11.6 Å². The van der Waals surface area contributed by atoms with E-state index in [-0.39, 0.29) is 17.5 Å². The molecule has 1 amide bonds. The maximum Gasteiger partial charge on any atom is 0.227 e. The Morgan fingerprint density at radius 1 is 1.19 bits per heavy atom. The number of hydrogen-bond acceptors (Lipinski definition) is 3.